The van der Waals surface area contributed by atoms with Gasteiger partial charge in [0.1, 0.15) is 6.04 Å². The molecule has 1 aliphatic rings. The Morgan fingerprint density at radius 1 is 1.16 bits per heavy atom. The van der Waals surface area contributed by atoms with Gasteiger partial charge in [-0.25, -0.2) is 17.9 Å². The fraction of sp³-hybridized carbons (Fsp3) is 0.435. The third-order valence-corrected chi connectivity index (χ3v) is 7.72. The lowest BCUT2D eigenvalue weighted by Crippen LogP contribution is -2.51. The summed E-state index contributed by atoms with van der Waals surface area (Å²) in [7, 11) is -3.70. The van der Waals surface area contributed by atoms with Crippen LogP contribution in [0.1, 0.15) is 42.8 Å². The number of aromatic nitrogens is 3. The molecule has 3 heterocycles. The highest BCUT2D eigenvalue weighted by atomic mass is 32.2. The lowest BCUT2D eigenvalue weighted by molar-refractivity contribution is -0.125. The number of carbonyl (C=O) groups excluding carboxylic acids is 1. The number of nitrogens with one attached hydrogen (secondary N) is 1. The predicted octanol–water partition coefficient (Wildman–Crippen LogP) is 2.64. The van der Waals surface area contributed by atoms with Gasteiger partial charge in [0.2, 0.25) is 15.9 Å². The summed E-state index contributed by atoms with van der Waals surface area (Å²) in [6.45, 7) is 4.79. The third-order valence-electron chi connectivity index (χ3n) is 5.80. The van der Waals surface area contributed by atoms with E-state index in [1.807, 2.05) is 30.5 Å². The van der Waals surface area contributed by atoms with Gasteiger partial charge < -0.3 is 5.32 Å². The summed E-state index contributed by atoms with van der Waals surface area (Å²) in [5.41, 5.74) is 3.73. The first-order valence-electron chi connectivity index (χ1n) is 11.0. The molecule has 1 amide bonds. The number of hydrogen-bond donors (Lipinski definition) is 1. The molecule has 4 rings (SSSR count). The van der Waals surface area contributed by atoms with E-state index in [1.165, 1.54) is 4.31 Å². The zero-order valence-corrected chi connectivity index (χ0v) is 19.3. The number of hydrogen-bond acceptors (Lipinski definition) is 5. The summed E-state index contributed by atoms with van der Waals surface area (Å²) < 4.78 is 29.4. The molecule has 8 nitrogen and oxygen atoms in total. The topological polar surface area (TPSA) is 96.7 Å². The van der Waals surface area contributed by atoms with Crippen molar-refractivity contribution in [1.29, 1.82) is 0 Å². The third kappa shape index (κ3) is 4.68. The SMILES string of the molecule is Cc1cc(C)n2nc(CCCNC(=O)C3CCCCN3S(=O)(=O)c3ccccc3)cc2n1. The second-order valence-electron chi connectivity index (χ2n) is 8.28. The molecule has 1 atom stereocenters. The van der Waals surface area contributed by atoms with Crippen molar-refractivity contribution >= 4 is 21.6 Å². The van der Waals surface area contributed by atoms with Gasteiger partial charge in [-0.1, -0.05) is 24.6 Å². The Kier molecular flexibility index (Phi) is 6.57. The highest BCUT2D eigenvalue weighted by Gasteiger charge is 2.37. The van der Waals surface area contributed by atoms with Crippen molar-refractivity contribution in [2.75, 3.05) is 13.1 Å². The molecule has 1 aromatic carbocycles. The number of aryl methyl sites for hydroxylation is 3. The molecule has 0 saturated carbocycles. The minimum Gasteiger partial charge on any atom is -0.355 e. The number of carbonyl (C=O) groups is 1. The zero-order valence-electron chi connectivity index (χ0n) is 18.5. The van der Waals surface area contributed by atoms with Gasteiger partial charge >= 0.3 is 0 Å². The monoisotopic (exact) mass is 455 g/mol. The van der Waals surface area contributed by atoms with Gasteiger partial charge in [-0.2, -0.15) is 9.40 Å². The standard InChI is InChI=1S/C23H29N5O3S/c1-17-15-18(2)28-22(25-17)16-19(26-28)9-8-13-24-23(29)21-12-6-7-14-27(21)32(30,31)20-10-4-3-5-11-20/h3-5,10-11,15-16,21H,6-9,12-14H2,1-2H3,(H,24,29). The number of fused-ring (bicyclic) bond motifs is 1. The minimum atomic E-state index is -3.70. The van der Waals surface area contributed by atoms with E-state index in [-0.39, 0.29) is 10.8 Å². The van der Waals surface area contributed by atoms with E-state index in [9.17, 15) is 13.2 Å². The fourth-order valence-corrected chi connectivity index (χ4v) is 5.92. The van der Waals surface area contributed by atoms with Gasteiger partial charge in [-0.3, -0.25) is 4.79 Å². The molecule has 0 aliphatic carbocycles. The number of sulfonamides is 1. The van der Waals surface area contributed by atoms with Gasteiger partial charge in [0.05, 0.1) is 10.6 Å². The van der Waals surface area contributed by atoms with Gasteiger partial charge in [-0.15, -0.1) is 0 Å². The van der Waals surface area contributed by atoms with E-state index in [2.05, 4.69) is 15.4 Å². The smallest absolute Gasteiger partial charge is 0.243 e. The summed E-state index contributed by atoms with van der Waals surface area (Å²) in [5, 5.41) is 7.53. The van der Waals surface area contributed by atoms with E-state index < -0.39 is 16.1 Å². The van der Waals surface area contributed by atoms with Crippen LogP contribution >= 0.6 is 0 Å². The van der Waals surface area contributed by atoms with Crippen molar-refractivity contribution in [2.45, 2.75) is 56.9 Å². The first kappa shape index (κ1) is 22.4. The minimum absolute atomic E-state index is 0.227. The van der Waals surface area contributed by atoms with Crippen LogP contribution in [0.5, 0.6) is 0 Å². The van der Waals surface area contributed by atoms with Crippen molar-refractivity contribution in [3.8, 4) is 0 Å². The summed E-state index contributed by atoms with van der Waals surface area (Å²) in [6.07, 6.45) is 3.56. The average Bonchev–Trinajstić information content (AvgIpc) is 3.20. The molecule has 32 heavy (non-hydrogen) atoms. The number of piperidine rings is 1. The number of rotatable bonds is 7. The van der Waals surface area contributed by atoms with Crippen LogP contribution in [0, 0.1) is 13.8 Å². The molecule has 1 fully saturated rings. The zero-order chi connectivity index (χ0) is 22.7. The maximum absolute atomic E-state index is 13.1. The van der Waals surface area contributed by atoms with E-state index in [4.69, 9.17) is 0 Å². The first-order valence-corrected chi connectivity index (χ1v) is 12.5. The molecule has 0 spiro atoms. The fourth-order valence-electron chi connectivity index (χ4n) is 4.24. The Morgan fingerprint density at radius 3 is 2.72 bits per heavy atom. The maximum atomic E-state index is 13.1. The molecule has 1 unspecified atom stereocenters. The van der Waals surface area contributed by atoms with Crippen LogP contribution in [0.2, 0.25) is 0 Å². The highest BCUT2D eigenvalue weighted by molar-refractivity contribution is 7.89. The highest BCUT2D eigenvalue weighted by Crippen LogP contribution is 2.25. The Morgan fingerprint density at radius 2 is 1.94 bits per heavy atom. The summed E-state index contributed by atoms with van der Waals surface area (Å²) in [6, 6.07) is 11.6. The number of amides is 1. The van der Waals surface area contributed by atoms with Gasteiger partial charge in [0.25, 0.3) is 0 Å². The lowest BCUT2D eigenvalue weighted by Gasteiger charge is -2.33. The van der Waals surface area contributed by atoms with Crippen LogP contribution in [0.4, 0.5) is 0 Å². The molecule has 2 aromatic heterocycles. The Labute approximate surface area is 188 Å². The largest absolute Gasteiger partial charge is 0.355 e. The molecule has 170 valence electrons. The van der Waals surface area contributed by atoms with Gasteiger partial charge in [0.15, 0.2) is 5.65 Å². The van der Waals surface area contributed by atoms with Crippen molar-refractivity contribution in [3.63, 3.8) is 0 Å². The Hall–Kier alpha value is -2.78. The predicted molar refractivity (Wildman–Crippen MR) is 122 cm³/mol. The molecular formula is C23H29N5O3S. The number of nitrogens with zero attached hydrogens (tertiary/aromatic N) is 4. The molecule has 0 radical (unpaired) electrons. The van der Waals surface area contributed by atoms with E-state index in [0.29, 0.717) is 32.4 Å². The lowest BCUT2D eigenvalue weighted by atomic mass is 10.0. The van der Waals surface area contributed by atoms with Gasteiger partial charge in [0, 0.05) is 30.5 Å². The second kappa shape index (κ2) is 9.38. The Balaban J connectivity index is 1.36. The second-order valence-corrected chi connectivity index (χ2v) is 10.2. The first-order chi connectivity index (χ1) is 15.4. The molecule has 3 aromatic rings. The van der Waals surface area contributed by atoms with Crippen molar-refractivity contribution in [1.82, 2.24) is 24.2 Å². The quantitative estimate of drug-likeness (QED) is 0.553. The molecule has 0 bridgehead atoms. The number of benzene rings is 1. The average molecular weight is 456 g/mol. The van der Waals surface area contributed by atoms with E-state index in [0.717, 1.165) is 35.6 Å². The Bertz CT molecular complexity index is 1210. The summed E-state index contributed by atoms with van der Waals surface area (Å²) >= 11 is 0. The van der Waals surface area contributed by atoms with Crippen LogP contribution in [0.25, 0.3) is 5.65 Å². The van der Waals surface area contributed by atoms with E-state index >= 15 is 0 Å². The van der Waals surface area contributed by atoms with Crippen LogP contribution in [0.15, 0.2) is 47.4 Å². The molecule has 1 saturated heterocycles. The molecule has 9 heteroatoms. The van der Waals surface area contributed by atoms with Crippen LogP contribution < -0.4 is 5.32 Å². The van der Waals surface area contributed by atoms with Crippen LogP contribution in [0.3, 0.4) is 0 Å². The molecule has 1 N–H and O–H groups in total. The summed E-state index contributed by atoms with van der Waals surface area (Å²) in [5.74, 6) is -0.229. The van der Waals surface area contributed by atoms with E-state index in [1.54, 1.807) is 30.3 Å². The van der Waals surface area contributed by atoms with Crippen molar-refractivity contribution in [2.24, 2.45) is 0 Å². The molecular weight excluding hydrogens is 426 g/mol. The normalized spacial score (nSPS) is 17.5. The maximum Gasteiger partial charge on any atom is 0.243 e. The van der Waals surface area contributed by atoms with Crippen LogP contribution in [-0.4, -0.2) is 52.4 Å². The molecule has 1 aliphatic heterocycles. The van der Waals surface area contributed by atoms with Crippen molar-refractivity contribution in [3.05, 3.63) is 59.5 Å². The van der Waals surface area contributed by atoms with Crippen molar-refractivity contribution < 1.29 is 13.2 Å². The van der Waals surface area contributed by atoms with Gasteiger partial charge in [-0.05, 0) is 57.7 Å². The summed E-state index contributed by atoms with van der Waals surface area (Å²) in [4.78, 5) is 17.6. The van der Waals surface area contributed by atoms with Crippen LogP contribution in [-0.2, 0) is 21.2 Å².